The van der Waals surface area contributed by atoms with E-state index in [1.807, 2.05) is 25.1 Å². The monoisotopic (exact) mass is 262 g/mol. The molecule has 2 amide bonds. The Hall–Kier alpha value is -2.04. The van der Waals surface area contributed by atoms with E-state index in [2.05, 4.69) is 5.32 Å². The van der Waals surface area contributed by atoms with Gasteiger partial charge in [0, 0.05) is 25.2 Å². The standard InChI is InChI=1S/C14H18N2O3/c1-11-5-2-3-6-12(11)13(17)15-7-9-16-8-4-10-19-14(16)18/h2-3,5-6H,4,7-10H2,1H3,(H,15,17). The van der Waals surface area contributed by atoms with Crippen molar-refractivity contribution in [1.82, 2.24) is 10.2 Å². The van der Waals surface area contributed by atoms with Gasteiger partial charge in [-0.3, -0.25) is 4.79 Å². The van der Waals surface area contributed by atoms with Crippen LogP contribution in [0.3, 0.4) is 0 Å². The lowest BCUT2D eigenvalue weighted by Gasteiger charge is -2.26. The summed E-state index contributed by atoms with van der Waals surface area (Å²) in [5, 5.41) is 2.82. The Morgan fingerprint density at radius 3 is 2.95 bits per heavy atom. The molecular weight excluding hydrogens is 244 g/mol. The summed E-state index contributed by atoms with van der Waals surface area (Å²) in [5.41, 5.74) is 1.61. The van der Waals surface area contributed by atoms with Crippen LogP contribution in [-0.4, -0.2) is 43.1 Å². The quantitative estimate of drug-likeness (QED) is 0.896. The fourth-order valence-corrected chi connectivity index (χ4v) is 2.03. The molecule has 5 nitrogen and oxygen atoms in total. The number of ether oxygens (including phenoxy) is 1. The number of cyclic esters (lactones) is 1. The van der Waals surface area contributed by atoms with Crippen molar-refractivity contribution >= 4 is 12.0 Å². The smallest absolute Gasteiger partial charge is 0.409 e. The Kier molecular flexibility index (Phi) is 4.39. The second kappa shape index (κ2) is 6.22. The number of rotatable bonds is 4. The van der Waals surface area contributed by atoms with Gasteiger partial charge in [0.25, 0.3) is 5.91 Å². The number of aryl methyl sites for hydroxylation is 1. The summed E-state index contributed by atoms with van der Waals surface area (Å²) in [5.74, 6) is -0.108. The highest BCUT2D eigenvalue weighted by molar-refractivity contribution is 5.95. The fraction of sp³-hybridized carbons (Fsp3) is 0.429. The molecule has 1 aromatic rings. The SMILES string of the molecule is Cc1ccccc1C(=O)NCCN1CCCOC1=O. The van der Waals surface area contributed by atoms with Crippen LogP contribution in [0.4, 0.5) is 4.79 Å². The maximum atomic E-state index is 11.9. The summed E-state index contributed by atoms with van der Waals surface area (Å²) in [7, 11) is 0. The van der Waals surface area contributed by atoms with E-state index in [4.69, 9.17) is 4.74 Å². The molecule has 0 bridgehead atoms. The Morgan fingerprint density at radius 2 is 2.21 bits per heavy atom. The molecule has 0 atom stereocenters. The van der Waals surface area contributed by atoms with Crippen LogP contribution in [0.1, 0.15) is 22.3 Å². The lowest BCUT2D eigenvalue weighted by Crippen LogP contribution is -2.42. The third-order valence-electron chi connectivity index (χ3n) is 3.11. The first kappa shape index (κ1) is 13.4. The highest BCUT2D eigenvalue weighted by Gasteiger charge is 2.19. The summed E-state index contributed by atoms with van der Waals surface area (Å²) in [6, 6.07) is 7.43. The largest absolute Gasteiger partial charge is 0.449 e. The van der Waals surface area contributed by atoms with E-state index in [1.54, 1.807) is 11.0 Å². The molecule has 1 saturated heterocycles. The zero-order valence-corrected chi connectivity index (χ0v) is 11.0. The van der Waals surface area contributed by atoms with Gasteiger partial charge in [-0.1, -0.05) is 18.2 Å². The van der Waals surface area contributed by atoms with Gasteiger partial charge < -0.3 is 15.0 Å². The highest BCUT2D eigenvalue weighted by Crippen LogP contribution is 2.07. The molecule has 1 heterocycles. The molecule has 0 saturated carbocycles. The number of nitrogens with zero attached hydrogens (tertiary/aromatic N) is 1. The van der Waals surface area contributed by atoms with E-state index >= 15 is 0 Å². The normalized spacial score (nSPS) is 15.0. The van der Waals surface area contributed by atoms with Crippen molar-refractivity contribution in [2.75, 3.05) is 26.2 Å². The van der Waals surface area contributed by atoms with Gasteiger partial charge in [-0.25, -0.2) is 4.79 Å². The second-order valence-corrected chi connectivity index (χ2v) is 4.53. The number of carbonyl (C=O) groups excluding carboxylic acids is 2. The molecule has 0 aromatic heterocycles. The molecule has 0 radical (unpaired) electrons. The molecule has 102 valence electrons. The lowest BCUT2D eigenvalue weighted by molar-refractivity contribution is 0.0719. The van der Waals surface area contributed by atoms with Gasteiger partial charge in [0.15, 0.2) is 0 Å². The molecule has 1 N–H and O–H groups in total. The van der Waals surface area contributed by atoms with Crippen LogP contribution in [0.15, 0.2) is 24.3 Å². The molecular formula is C14H18N2O3. The first-order valence-electron chi connectivity index (χ1n) is 6.44. The topological polar surface area (TPSA) is 58.6 Å². The van der Waals surface area contributed by atoms with Crippen LogP contribution >= 0.6 is 0 Å². The van der Waals surface area contributed by atoms with Crippen molar-refractivity contribution in [3.63, 3.8) is 0 Å². The van der Waals surface area contributed by atoms with E-state index in [9.17, 15) is 9.59 Å². The lowest BCUT2D eigenvalue weighted by atomic mass is 10.1. The van der Waals surface area contributed by atoms with Gasteiger partial charge >= 0.3 is 6.09 Å². The van der Waals surface area contributed by atoms with Crippen LogP contribution in [0.25, 0.3) is 0 Å². The minimum Gasteiger partial charge on any atom is -0.449 e. The summed E-state index contributed by atoms with van der Waals surface area (Å²) < 4.78 is 4.93. The van der Waals surface area contributed by atoms with Crippen molar-refractivity contribution in [3.05, 3.63) is 35.4 Å². The summed E-state index contributed by atoms with van der Waals surface area (Å²) in [4.78, 5) is 24.9. The fourth-order valence-electron chi connectivity index (χ4n) is 2.03. The minimum absolute atomic E-state index is 0.108. The van der Waals surface area contributed by atoms with Crippen molar-refractivity contribution in [2.45, 2.75) is 13.3 Å². The maximum Gasteiger partial charge on any atom is 0.409 e. The average Bonchev–Trinajstić information content (AvgIpc) is 2.41. The predicted molar refractivity (Wildman–Crippen MR) is 71.1 cm³/mol. The zero-order chi connectivity index (χ0) is 13.7. The number of benzene rings is 1. The van der Waals surface area contributed by atoms with Crippen LogP contribution in [0, 0.1) is 6.92 Å². The van der Waals surface area contributed by atoms with Crippen LogP contribution < -0.4 is 5.32 Å². The van der Waals surface area contributed by atoms with Gasteiger partial charge in [0.2, 0.25) is 0 Å². The summed E-state index contributed by atoms with van der Waals surface area (Å²) in [6.07, 6.45) is 0.550. The number of nitrogens with one attached hydrogen (secondary N) is 1. The average molecular weight is 262 g/mol. The van der Waals surface area contributed by atoms with E-state index in [0.717, 1.165) is 12.0 Å². The number of hydrogen-bond donors (Lipinski definition) is 1. The molecule has 5 heteroatoms. The van der Waals surface area contributed by atoms with Crippen molar-refractivity contribution in [2.24, 2.45) is 0 Å². The highest BCUT2D eigenvalue weighted by atomic mass is 16.6. The second-order valence-electron chi connectivity index (χ2n) is 4.53. The number of amides is 2. The Morgan fingerprint density at radius 1 is 1.42 bits per heavy atom. The van der Waals surface area contributed by atoms with E-state index in [-0.39, 0.29) is 12.0 Å². The van der Waals surface area contributed by atoms with Gasteiger partial charge in [0.05, 0.1) is 6.61 Å². The molecule has 0 aliphatic carbocycles. The molecule has 0 spiro atoms. The van der Waals surface area contributed by atoms with Gasteiger partial charge in [0.1, 0.15) is 0 Å². The van der Waals surface area contributed by atoms with Crippen LogP contribution in [0.5, 0.6) is 0 Å². The summed E-state index contributed by atoms with van der Waals surface area (Å²) >= 11 is 0. The van der Waals surface area contributed by atoms with Crippen molar-refractivity contribution < 1.29 is 14.3 Å². The molecule has 1 aliphatic rings. The maximum absolute atomic E-state index is 11.9. The first-order chi connectivity index (χ1) is 9.18. The Balaban J connectivity index is 1.81. The Bertz CT molecular complexity index is 474. The molecule has 1 aliphatic heterocycles. The molecule has 2 rings (SSSR count). The van der Waals surface area contributed by atoms with Crippen LogP contribution in [-0.2, 0) is 4.74 Å². The number of hydrogen-bond acceptors (Lipinski definition) is 3. The molecule has 0 unspecified atom stereocenters. The van der Waals surface area contributed by atoms with Gasteiger partial charge in [-0.15, -0.1) is 0 Å². The van der Waals surface area contributed by atoms with Crippen molar-refractivity contribution in [1.29, 1.82) is 0 Å². The van der Waals surface area contributed by atoms with Gasteiger partial charge in [-0.2, -0.15) is 0 Å². The molecule has 19 heavy (non-hydrogen) atoms. The minimum atomic E-state index is -0.295. The Labute approximate surface area is 112 Å². The molecule has 1 aromatic carbocycles. The van der Waals surface area contributed by atoms with E-state index < -0.39 is 0 Å². The summed E-state index contributed by atoms with van der Waals surface area (Å²) in [6.45, 7) is 4.00. The predicted octanol–water partition coefficient (Wildman–Crippen LogP) is 1.57. The third-order valence-corrected chi connectivity index (χ3v) is 3.11. The number of carbonyl (C=O) groups is 2. The van der Waals surface area contributed by atoms with Crippen LogP contribution in [0.2, 0.25) is 0 Å². The third kappa shape index (κ3) is 3.47. The first-order valence-corrected chi connectivity index (χ1v) is 6.44. The molecule has 1 fully saturated rings. The van der Waals surface area contributed by atoms with E-state index in [1.165, 1.54) is 0 Å². The van der Waals surface area contributed by atoms with E-state index in [0.29, 0.717) is 31.8 Å². The van der Waals surface area contributed by atoms with Gasteiger partial charge in [-0.05, 0) is 25.0 Å². The zero-order valence-electron chi connectivity index (χ0n) is 11.0. The van der Waals surface area contributed by atoms with Crippen molar-refractivity contribution in [3.8, 4) is 0 Å².